The molecule has 0 aromatic carbocycles. The van der Waals surface area contributed by atoms with Crippen molar-refractivity contribution in [3.63, 3.8) is 0 Å². The third-order valence-electron chi connectivity index (χ3n) is 2.48. The van der Waals surface area contributed by atoms with Gasteiger partial charge in [-0.05, 0) is 0 Å². The third-order valence-corrected chi connectivity index (χ3v) is 3.11. The number of amides is 4. The highest BCUT2D eigenvalue weighted by molar-refractivity contribution is 7.82. The lowest BCUT2D eigenvalue weighted by molar-refractivity contribution is -0.145. The lowest BCUT2D eigenvalue weighted by Crippen LogP contribution is -2.44. The van der Waals surface area contributed by atoms with Crippen molar-refractivity contribution in [1.29, 1.82) is 0 Å². The molecule has 2 saturated heterocycles. The molecule has 4 amide bonds. The van der Waals surface area contributed by atoms with E-state index in [9.17, 15) is 19.2 Å². The maximum atomic E-state index is 11.5. The van der Waals surface area contributed by atoms with Crippen LogP contribution in [0.2, 0.25) is 0 Å². The van der Waals surface area contributed by atoms with Crippen molar-refractivity contribution in [2.24, 2.45) is 0 Å². The molecule has 6 nitrogen and oxygen atoms in total. The largest absolute Gasteiger partial charge is 0.274 e. The number of rotatable bonds is 2. The summed E-state index contributed by atoms with van der Waals surface area (Å²) < 4.78 is 0. The molecule has 0 atom stereocenters. The number of thiocarbonyl (C=S) groups is 2. The number of nitrogens with zero attached hydrogens (tertiary/aromatic N) is 2. The quantitative estimate of drug-likeness (QED) is 0.483. The van der Waals surface area contributed by atoms with Crippen molar-refractivity contribution < 1.29 is 19.2 Å². The molecule has 8 heteroatoms. The minimum atomic E-state index is -0.622. The Hall–Kier alpha value is -1.54. The minimum Gasteiger partial charge on any atom is -0.274 e. The molecule has 0 aromatic rings. The van der Waals surface area contributed by atoms with Gasteiger partial charge in [0.15, 0.2) is 0 Å². The number of hydrogen-bond acceptors (Lipinski definition) is 6. The van der Waals surface area contributed by atoms with E-state index >= 15 is 0 Å². The van der Waals surface area contributed by atoms with Crippen LogP contribution in [0, 0.1) is 0 Å². The summed E-state index contributed by atoms with van der Waals surface area (Å²) in [6.45, 7) is -0.393. The molecule has 0 radical (unpaired) electrons. The minimum absolute atomic E-state index is 0.00308. The van der Waals surface area contributed by atoms with Gasteiger partial charge in [0.1, 0.15) is 6.67 Å². The molecule has 0 saturated carbocycles. The van der Waals surface area contributed by atoms with Gasteiger partial charge in [-0.25, -0.2) is 0 Å². The average Bonchev–Trinajstić information content (AvgIpc) is 2.62. The second kappa shape index (κ2) is 4.04. The highest BCUT2D eigenvalue weighted by Crippen LogP contribution is 2.15. The van der Waals surface area contributed by atoms with Crippen molar-refractivity contribution in [3.8, 4) is 0 Å². The summed E-state index contributed by atoms with van der Waals surface area (Å²) in [7, 11) is 0. The normalized spacial score (nSPS) is 21.2. The van der Waals surface area contributed by atoms with Crippen LogP contribution in [0.5, 0.6) is 0 Å². The maximum absolute atomic E-state index is 11.5. The van der Waals surface area contributed by atoms with E-state index in [-0.39, 0.29) is 22.6 Å². The summed E-state index contributed by atoms with van der Waals surface area (Å²) >= 11 is 9.39. The zero-order valence-corrected chi connectivity index (χ0v) is 10.1. The zero-order valence-electron chi connectivity index (χ0n) is 8.47. The van der Waals surface area contributed by atoms with Gasteiger partial charge in [-0.15, -0.1) is 0 Å². The molecule has 2 fully saturated rings. The molecule has 17 heavy (non-hydrogen) atoms. The molecular formula is C9H6N2O4S2. The van der Waals surface area contributed by atoms with E-state index in [2.05, 4.69) is 0 Å². The first-order chi connectivity index (χ1) is 7.91. The van der Waals surface area contributed by atoms with Crippen LogP contribution in [-0.2, 0) is 19.2 Å². The smallest absolute Gasteiger partial charge is 0.269 e. The Kier molecular flexibility index (Phi) is 2.84. The van der Waals surface area contributed by atoms with E-state index in [0.29, 0.717) is 0 Å². The number of carbonyl (C=O) groups is 4. The van der Waals surface area contributed by atoms with Gasteiger partial charge in [0.2, 0.25) is 11.8 Å². The van der Waals surface area contributed by atoms with E-state index in [1.165, 1.54) is 0 Å². The Bertz CT molecular complexity index is 455. The standard InChI is InChI=1S/C9H6N2O4S2/c12-6-1-4(16)8(14)10(6)3-11-7(13)2-5(17)9(11)15/h1-3H2. The second-order valence-electron chi connectivity index (χ2n) is 3.60. The van der Waals surface area contributed by atoms with Crippen molar-refractivity contribution in [2.45, 2.75) is 12.8 Å². The van der Waals surface area contributed by atoms with E-state index in [1.807, 2.05) is 0 Å². The Morgan fingerprint density at radius 1 is 0.824 bits per heavy atom. The van der Waals surface area contributed by atoms with Gasteiger partial charge in [-0.3, -0.25) is 29.0 Å². The molecule has 2 heterocycles. The predicted octanol–water partition coefficient (Wildman–Crippen LogP) is -0.798. The zero-order chi connectivity index (χ0) is 12.7. The van der Waals surface area contributed by atoms with Gasteiger partial charge in [-0.1, -0.05) is 24.4 Å². The van der Waals surface area contributed by atoms with Gasteiger partial charge in [0, 0.05) is 0 Å². The molecule has 2 aliphatic rings. The molecule has 0 spiro atoms. The Labute approximate surface area is 107 Å². The van der Waals surface area contributed by atoms with Crippen molar-refractivity contribution in [2.75, 3.05) is 6.67 Å². The van der Waals surface area contributed by atoms with Crippen molar-refractivity contribution in [3.05, 3.63) is 0 Å². The lowest BCUT2D eigenvalue weighted by Gasteiger charge is -2.19. The lowest BCUT2D eigenvalue weighted by atomic mass is 10.4. The topological polar surface area (TPSA) is 74.8 Å². The summed E-state index contributed by atoms with van der Waals surface area (Å²) in [4.78, 5) is 47.4. The fourth-order valence-electron chi connectivity index (χ4n) is 1.57. The SMILES string of the molecule is O=C1CC(=S)C(=O)N1CN1C(=O)CC(=S)C1=O. The van der Waals surface area contributed by atoms with Gasteiger partial charge in [0.25, 0.3) is 11.8 Å². The first-order valence-corrected chi connectivity index (χ1v) is 5.48. The van der Waals surface area contributed by atoms with E-state index < -0.39 is 30.3 Å². The molecule has 2 rings (SSSR count). The summed E-state index contributed by atoms with van der Waals surface area (Å²) in [5.74, 6) is -2.25. The first kappa shape index (κ1) is 11.9. The monoisotopic (exact) mass is 270 g/mol. The Balaban J connectivity index is 2.17. The highest BCUT2D eigenvalue weighted by Gasteiger charge is 2.40. The van der Waals surface area contributed by atoms with Gasteiger partial charge in [-0.2, -0.15) is 0 Å². The van der Waals surface area contributed by atoms with Crippen LogP contribution in [0.4, 0.5) is 0 Å². The Morgan fingerprint density at radius 3 is 1.41 bits per heavy atom. The molecular weight excluding hydrogens is 264 g/mol. The first-order valence-electron chi connectivity index (χ1n) is 4.67. The Morgan fingerprint density at radius 2 is 1.18 bits per heavy atom. The van der Waals surface area contributed by atoms with Gasteiger partial charge in [0.05, 0.1) is 22.6 Å². The number of likely N-dealkylation sites (tertiary alicyclic amines) is 2. The summed E-state index contributed by atoms with van der Waals surface area (Å²) in [5, 5.41) is 0. The molecule has 0 bridgehead atoms. The molecule has 88 valence electrons. The van der Waals surface area contributed by atoms with Crippen molar-refractivity contribution in [1.82, 2.24) is 9.80 Å². The van der Waals surface area contributed by atoms with Gasteiger partial charge < -0.3 is 0 Å². The van der Waals surface area contributed by atoms with Crippen LogP contribution in [0.1, 0.15) is 12.8 Å². The van der Waals surface area contributed by atoms with E-state index in [0.717, 1.165) is 9.80 Å². The summed E-state index contributed by atoms with van der Waals surface area (Å²) in [6.07, 6.45) is -0.288. The fourth-order valence-corrected chi connectivity index (χ4v) is 2.04. The molecule has 0 aromatic heterocycles. The number of imide groups is 2. The van der Waals surface area contributed by atoms with E-state index in [1.54, 1.807) is 0 Å². The predicted molar refractivity (Wildman–Crippen MR) is 63.0 cm³/mol. The average molecular weight is 270 g/mol. The molecule has 0 unspecified atom stereocenters. The van der Waals surface area contributed by atoms with Crippen LogP contribution >= 0.6 is 24.4 Å². The molecule has 0 aliphatic carbocycles. The van der Waals surface area contributed by atoms with E-state index in [4.69, 9.17) is 24.4 Å². The number of hydrogen-bond donors (Lipinski definition) is 0. The van der Waals surface area contributed by atoms with Crippen LogP contribution in [0.25, 0.3) is 0 Å². The van der Waals surface area contributed by atoms with Gasteiger partial charge >= 0.3 is 0 Å². The molecule has 0 N–H and O–H groups in total. The fraction of sp³-hybridized carbons (Fsp3) is 0.333. The maximum Gasteiger partial charge on any atom is 0.269 e. The summed E-state index contributed by atoms with van der Waals surface area (Å²) in [5.41, 5.74) is 0. The van der Waals surface area contributed by atoms with Crippen LogP contribution < -0.4 is 0 Å². The second-order valence-corrected chi connectivity index (χ2v) is 4.58. The van der Waals surface area contributed by atoms with Crippen LogP contribution in [0.15, 0.2) is 0 Å². The van der Waals surface area contributed by atoms with Crippen LogP contribution in [0.3, 0.4) is 0 Å². The summed E-state index contributed by atoms with van der Waals surface area (Å²) in [6, 6.07) is 0. The van der Waals surface area contributed by atoms with Crippen LogP contribution in [-0.4, -0.2) is 49.8 Å². The molecule has 2 aliphatic heterocycles. The number of carbonyl (C=O) groups excluding carboxylic acids is 4. The highest BCUT2D eigenvalue weighted by atomic mass is 32.1. The van der Waals surface area contributed by atoms with Crippen molar-refractivity contribution >= 4 is 57.8 Å². The third kappa shape index (κ3) is 1.89.